The SMILES string of the molecule is Cc1c(C(=O)N[C@@H]2C=C[C@H](CO)C2)cnn1-c1ccc(F)cc1. The van der Waals surface area contributed by atoms with Gasteiger partial charge in [0.05, 0.1) is 23.1 Å². The van der Waals surface area contributed by atoms with Gasteiger partial charge < -0.3 is 10.4 Å². The number of aromatic nitrogens is 2. The third-order valence-electron chi connectivity index (χ3n) is 4.05. The number of rotatable bonds is 4. The minimum atomic E-state index is -0.317. The number of aliphatic hydroxyl groups excluding tert-OH is 1. The Balaban J connectivity index is 1.75. The van der Waals surface area contributed by atoms with Crippen LogP contribution in [0, 0.1) is 18.7 Å². The molecule has 1 aliphatic carbocycles. The average molecular weight is 315 g/mol. The first-order valence-electron chi connectivity index (χ1n) is 7.49. The quantitative estimate of drug-likeness (QED) is 0.848. The van der Waals surface area contributed by atoms with Gasteiger partial charge in [-0.15, -0.1) is 0 Å². The maximum absolute atomic E-state index is 13.0. The zero-order valence-electron chi connectivity index (χ0n) is 12.7. The monoisotopic (exact) mass is 315 g/mol. The molecule has 3 rings (SSSR count). The zero-order chi connectivity index (χ0) is 16.4. The number of nitrogens with one attached hydrogen (secondary N) is 1. The fourth-order valence-corrected chi connectivity index (χ4v) is 2.74. The fraction of sp³-hybridized carbons (Fsp3) is 0.294. The summed E-state index contributed by atoms with van der Waals surface area (Å²) in [6.45, 7) is 1.89. The van der Waals surface area contributed by atoms with Crippen LogP contribution in [0.25, 0.3) is 5.69 Å². The van der Waals surface area contributed by atoms with Gasteiger partial charge in [-0.05, 0) is 37.6 Å². The second-order valence-electron chi connectivity index (χ2n) is 5.68. The third kappa shape index (κ3) is 3.17. The van der Waals surface area contributed by atoms with Crippen molar-refractivity contribution in [3.05, 3.63) is 59.7 Å². The molecular formula is C17H18FN3O2. The minimum Gasteiger partial charge on any atom is -0.396 e. The summed E-state index contributed by atoms with van der Waals surface area (Å²) in [6, 6.07) is 5.86. The van der Waals surface area contributed by atoms with Gasteiger partial charge in [-0.3, -0.25) is 4.79 Å². The van der Waals surface area contributed by atoms with Crippen LogP contribution in [0.1, 0.15) is 22.5 Å². The molecule has 2 aromatic rings. The van der Waals surface area contributed by atoms with Gasteiger partial charge in [-0.1, -0.05) is 12.2 Å². The van der Waals surface area contributed by atoms with Crippen molar-refractivity contribution in [2.24, 2.45) is 5.92 Å². The number of carbonyl (C=O) groups excluding carboxylic acids is 1. The molecule has 0 saturated carbocycles. The van der Waals surface area contributed by atoms with Gasteiger partial charge in [0.15, 0.2) is 0 Å². The standard InChI is InChI=1S/C17H18FN3O2/c1-11-16(17(23)20-14-5-2-12(8-14)10-22)9-19-21(11)15-6-3-13(18)4-7-15/h2-7,9,12,14,22H,8,10H2,1H3,(H,20,23)/t12-,14+/m0/s1. The molecule has 0 aliphatic heterocycles. The van der Waals surface area contributed by atoms with E-state index >= 15 is 0 Å². The minimum absolute atomic E-state index is 0.0757. The number of hydrogen-bond donors (Lipinski definition) is 2. The summed E-state index contributed by atoms with van der Waals surface area (Å²) >= 11 is 0. The Morgan fingerprint density at radius 2 is 2.13 bits per heavy atom. The maximum atomic E-state index is 13.0. The highest BCUT2D eigenvalue weighted by atomic mass is 19.1. The Bertz CT molecular complexity index is 737. The van der Waals surface area contributed by atoms with E-state index in [9.17, 15) is 9.18 Å². The van der Waals surface area contributed by atoms with Gasteiger partial charge in [0.2, 0.25) is 0 Å². The van der Waals surface area contributed by atoms with Crippen molar-refractivity contribution in [2.45, 2.75) is 19.4 Å². The van der Waals surface area contributed by atoms with Gasteiger partial charge >= 0.3 is 0 Å². The number of benzene rings is 1. The molecule has 0 unspecified atom stereocenters. The first kappa shape index (κ1) is 15.4. The van der Waals surface area contributed by atoms with Crippen LogP contribution in [0.4, 0.5) is 4.39 Å². The fourth-order valence-electron chi connectivity index (χ4n) is 2.74. The summed E-state index contributed by atoms with van der Waals surface area (Å²) in [5.41, 5.74) is 1.87. The van der Waals surface area contributed by atoms with E-state index in [1.54, 1.807) is 23.7 Å². The average Bonchev–Trinajstić information content (AvgIpc) is 3.14. The van der Waals surface area contributed by atoms with Gasteiger partial charge in [-0.2, -0.15) is 5.10 Å². The highest BCUT2D eigenvalue weighted by Gasteiger charge is 2.22. The van der Waals surface area contributed by atoms with Gasteiger partial charge in [0.25, 0.3) is 5.91 Å². The third-order valence-corrected chi connectivity index (χ3v) is 4.05. The van der Waals surface area contributed by atoms with Crippen LogP contribution in [-0.2, 0) is 0 Å². The van der Waals surface area contributed by atoms with Crippen molar-refractivity contribution < 1.29 is 14.3 Å². The zero-order valence-corrected chi connectivity index (χ0v) is 12.7. The lowest BCUT2D eigenvalue weighted by molar-refractivity contribution is 0.0940. The molecule has 1 amide bonds. The molecule has 120 valence electrons. The van der Waals surface area contributed by atoms with Crippen molar-refractivity contribution in [1.29, 1.82) is 0 Å². The number of nitrogens with zero attached hydrogens (tertiary/aromatic N) is 2. The summed E-state index contributed by atoms with van der Waals surface area (Å²) in [5.74, 6) is -0.421. The Morgan fingerprint density at radius 3 is 2.78 bits per heavy atom. The van der Waals surface area contributed by atoms with Crippen molar-refractivity contribution in [3.8, 4) is 5.69 Å². The molecule has 23 heavy (non-hydrogen) atoms. The van der Waals surface area contributed by atoms with Crippen LogP contribution in [0.3, 0.4) is 0 Å². The van der Waals surface area contributed by atoms with Crippen LogP contribution in [0.5, 0.6) is 0 Å². The predicted molar refractivity (Wildman–Crippen MR) is 83.8 cm³/mol. The molecule has 0 spiro atoms. The molecule has 2 atom stereocenters. The first-order valence-corrected chi connectivity index (χ1v) is 7.49. The van der Waals surface area contributed by atoms with E-state index in [0.717, 1.165) is 0 Å². The lowest BCUT2D eigenvalue weighted by Crippen LogP contribution is -2.33. The second kappa shape index (κ2) is 6.34. The molecular weight excluding hydrogens is 297 g/mol. The van der Waals surface area contributed by atoms with Crippen molar-refractivity contribution >= 4 is 5.91 Å². The molecule has 0 radical (unpaired) electrons. The molecule has 0 saturated heterocycles. The van der Waals surface area contributed by atoms with E-state index < -0.39 is 0 Å². The Labute approximate surface area is 133 Å². The molecule has 1 aromatic heterocycles. The summed E-state index contributed by atoms with van der Waals surface area (Å²) in [7, 11) is 0. The molecule has 0 bridgehead atoms. The van der Waals surface area contributed by atoms with Crippen molar-refractivity contribution in [3.63, 3.8) is 0 Å². The lowest BCUT2D eigenvalue weighted by Gasteiger charge is -2.12. The summed E-state index contributed by atoms with van der Waals surface area (Å²) in [6.07, 6.45) is 6.03. The molecule has 6 heteroatoms. The van der Waals surface area contributed by atoms with E-state index in [-0.39, 0.29) is 30.3 Å². The van der Waals surface area contributed by atoms with E-state index in [0.29, 0.717) is 23.4 Å². The van der Waals surface area contributed by atoms with E-state index in [1.807, 2.05) is 12.2 Å². The van der Waals surface area contributed by atoms with E-state index in [1.165, 1.54) is 18.3 Å². The number of aliphatic hydroxyl groups is 1. The first-order chi connectivity index (χ1) is 11.1. The Hall–Kier alpha value is -2.47. The number of halogens is 1. The molecule has 5 nitrogen and oxygen atoms in total. The molecule has 1 heterocycles. The molecule has 1 aromatic carbocycles. The predicted octanol–water partition coefficient (Wildman–Crippen LogP) is 1.99. The Kier molecular flexibility index (Phi) is 4.25. The van der Waals surface area contributed by atoms with Crippen LogP contribution in [-0.4, -0.2) is 33.4 Å². The maximum Gasteiger partial charge on any atom is 0.255 e. The molecule has 1 aliphatic rings. The van der Waals surface area contributed by atoms with Crippen LogP contribution in [0.2, 0.25) is 0 Å². The number of hydrogen-bond acceptors (Lipinski definition) is 3. The second-order valence-corrected chi connectivity index (χ2v) is 5.68. The topological polar surface area (TPSA) is 67.2 Å². The van der Waals surface area contributed by atoms with Crippen molar-refractivity contribution in [2.75, 3.05) is 6.61 Å². The summed E-state index contributed by atoms with van der Waals surface area (Å²) < 4.78 is 14.6. The highest BCUT2D eigenvalue weighted by Crippen LogP contribution is 2.19. The van der Waals surface area contributed by atoms with Gasteiger partial charge in [0.1, 0.15) is 5.82 Å². The summed E-state index contributed by atoms with van der Waals surface area (Å²) in [5, 5.41) is 16.3. The Morgan fingerprint density at radius 1 is 1.39 bits per heavy atom. The van der Waals surface area contributed by atoms with Crippen LogP contribution in [0.15, 0.2) is 42.6 Å². The lowest BCUT2D eigenvalue weighted by atomic mass is 10.1. The molecule has 0 fully saturated rings. The van der Waals surface area contributed by atoms with Crippen LogP contribution < -0.4 is 5.32 Å². The largest absolute Gasteiger partial charge is 0.396 e. The summed E-state index contributed by atoms with van der Waals surface area (Å²) in [4.78, 5) is 12.4. The highest BCUT2D eigenvalue weighted by molar-refractivity contribution is 5.95. The van der Waals surface area contributed by atoms with Crippen molar-refractivity contribution in [1.82, 2.24) is 15.1 Å². The van der Waals surface area contributed by atoms with Gasteiger partial charge in [-0.25, -0.2) is 9.07 Å². The number of amides is 1. The smallest absolute Gasteiger partial charge is 0.255 e. The van der Waals surface area contributed by atoms with Crippen LogP contribution >= 0.6 is 0 Å². The van der Waals surface area contributed by atoms with E-state index in [4.69, 9.17) is 5.11 Å². The van der Waals surface area contributed by atoms with E-state index in [2.05, 4.69) is 10.4 Å². The number of carbonyl (C=O) groups is 1. The van der Waals surface area contributed by atoms with Gasteiger partial charge in [0, 0.05) is 18.6 Å². The normalized spacial score (nSPS) is 20.0. The molecule has 2 N–H and O–H groups in total.